The summed E-state index contributed by atoms with van der Waals surface area (Å²) in [5, 5.41) is 0.742. The van der Waals surface area contributed by atoms with Crippen LogP contribution in [0.5, 0.6) is 5.75 Å². The largest absolute Gasteiger partial charge is 0.496 e. The van der Waals surface area contributed by atoms with Crippen molar-refractivity contribution in [2.24, 2.45) is 23.5 Å². The maximum Gasteiger partial charge on any atom is 0.123 e. The Kier molecular flexibility index (Phi) is 3.25. The molecular formula is C15H20ClNO. The van der Waals surface area contributed by atoms with Gasteiger partial charge in [0.2, 0.25) is 0 Å². The van der Waals surface area contributed by atoms with Crippen LogP contribution in [0.4, 0.5) is 0 Å². The molecule has 2 N–H and O–H groups in total. The van der Waals surface area contributed by atoms with Crippen molar-refractivity contribution in [2.75, 3.05) is 7.11 Å². The summed E-state index contributed by atoms with van der Waals surface area (Å²) in [5.41, 5.74) is 7.61. The first kappa shape index (κ1) is 12.3. The number of nitrogens with two attached hydrogens (primary N) is 1. The van der Waals surface area contributed by atoms with Crippen molar-refractivity contribution in [3.8, 4) is 5.75 Å². The number of ether oxygens (including phenoxy) is 1. The molecule has 0 aromatic heterocycles. The van der Waals surface area contributed by atoms with Crippen molar-refractivity contribution in [1.29, 1.82) is 0 Å². The molecule has 2 saturated carbocycles. The second-order valence-corrected chi connectivity index (χ2v) is 6.10. The highest BCUT2D eigenvalue weighted by Crippen LogP contribution is 2.54. The van der Waals surface area contributed by atoms with Crippen molar-refractivity contribution >= 4 is 11.6 Å². The molecule has 0 heterocycles. The van der Waals surface area contributed by atoms with E-state index in [9.17, 15) is 0 Å². The maximum atomic E-state index is 6.53. The van der Waals surface area contributed by atoms with E-state index < -0.39 is 0 Å². The third-order valence-corrected chi connectivity index (χ3v) is 4.53. The molecule has 0 bridgehead atoms. The summed E-state index contributed by atoms with van der Waals surface area (Å²) in [6, 6.07) is 5.83. The van der Waals surface area contributed by atoms with Crippen molar-refractivity contribution < 1.29 is 4.74 Å². The fourth-order valence-corrected chi connectivity index (χ4v) is 3.29. The molecule has 18 heavy (non-hydrogen) atoms. The van der Waals surface area contributed by atoms with Gasteiger partial charge in [-0.05, 0) is 61.6 Å². The SMILES string of the molecule is COc1ccc(Cl)cc1C(N)C(C1CC1)C1CC1. The smallest absolute Gasteiger partial charge is 0.123 e. The predicted octanol–water partition coefficient (Wildman–Crippen LogP) is 3.78. The minimum absolute atomic E-state index is 0.0682. The second-order valence-electron chi connectivity index (χ2n) is 5.66. The molecule has 3 rings (SSSR count). The van der Waals surface area contributed by atoms with Gasteiger partial charge in [-0.25, -0.2) is 0 Å². The van der Waals surface area contributed by atoms with E-state index >= 15 is 0 Å². The molecule has 0 radical (unpaired) electrons. The summed E-state index contributed by atoms with van der Waals surface area (Å²) in [6.45, 7) is 0. The first-order valence-corrected chi connectivity index (χ1v) is 7.17. The molecule has 98 valence electrons. The molecular weight excluding hydrogens is 246 g/mol. The zero-order valence-electron chi connectivity index (χ0n) is 10.7. The van der Waals surface area contributed by atoms with Crippen LogP contribution in [-0.2, 0) is 0 Å². The van der Waals surface area contributed by atoms with Gasteiger partial charge in [-0.15, -0.1) is 0 Å². The molecule has 0 aliphatic heterocycles. The van der Waals surface area contributed by atoms with E-state index in [0.717, 1.165) is 28.2 Å². The highest BCUT2D eigenvalue weighted by molar-refractivity contribution is 6.30. The Morgan fingerprint density at radius 3 is 2.33 bits per heavy atom. The summed E-state index contributed by atoms with van der Waals surface area (Å²) in [5.74, 6) is 3.16. The molecule has 2 aliphatic carbocycles. The van der Waals surface area contributed by atoms with E-state index in [0.29, 0.717) is 5.92 Å². The minimum atomic E-state index is 0.0682. The van der Waals surface area contributed by atoms with Gasteiger partial charge in [0.25, 0.3) is 0 Å². The fraction of sp³-hybridized carbons (Fsp3) is 0.600. The van der Waals surface area contributed by atoms with Gasteiger partial charge in [-0.3, -0.25) is 0 Å². The van der Waals surface area contributed by atoms with Crippen molar-refractivity contribution in [3.05, 3.63) is 28.8 Å². The standard InChI is InChI=1S/C15H20ClNO/c1-18-13-7-6-11(16)8-12(13)15(17)14(9-2-3-9)10-4-5-10/h6-10,14-15H,2-5,17H2,1H3. The first-order chi connectivity index (χ1) is 8.70. The van der Waals surface area contributed by atoms with E-state index in [1.807, 2.05) is 18.2 Å². The first-order valence-electron chi connectivity index (χ1n) is 6.79. The average Bonchev–Trinajstić information content (AvgIpc) is 3.23. The Hall–Kier alpha value is -0.730. The van der Waals surface area contributed by atoms with E-state index in [4.69, 9.17) is 22.1 Å². The van der Waals surface area contributed by atoms with Crippen molar-refractivity contribution in [1.82, 2.24) is 0 Å². The lowest BCUT2D eigenvalue weighted by Gasteiger charge is -2.25. The van der Waals surface area contributed by atoms with Crippen LogP contribution in [0.25, 0.3) is 0 Å². The topological polar surface area (TPSA) is 35.2 Å². The lowest BCUT2D eigenvalue weighted by atomic mass is 9.85. The Bertz CT molecular complexity index is 428. The Morgan fingerprint density at radius 2 is 1.83 bits per heavy atom. The number of rotatable bonds is 5. The highest BCUT2D eigenvalue weighted by atomic mass is 35.5. The highest BCUT2D eigenvalue weighted by Gasteiger charge is 2.45. The minimum Gasteiger partial charge on any atom is -0.496 e. The van der Waals surface area contributed by atoms with E-state index in [2.05, 4.69) is 0 Å². The molecule has 2 nitrogen and oxygen atoms in total. The summed E-state index contributed by atoms with van der Waals surface area (Å²) < 4.78 is 5.43. The Morgan fingerprint density at radius 1 is 1.22 bits per heavy atom. The van der Waals surface area contributed by atoms with E-state index in [-0.39, 0.29) is 6.04 Å². The molecule has 1 aromatic carbocycles. The number of halogens is 1. The van der Waals surface area contributed by atoms with Gasteiger partial charge in [-0.2, -0.15) is 0 Å². The quantitative estimate of drug-likeness (QED) is 0.879. The molecule has 2 fully saturated rings. The third kappa shape index (κ3) is 2.36. The van der Waals surface area contributed by atoms with Gasteiger partial charge in [0, 0.05) is 16.6 Å². The predicted molar refractivity (Wildman–Crippen MR) is 73.9 cm³/mol. The Balaban J connectivity index is 1.89. The van der Waals surface area contributed by atoms with Crippen LogP contribution in [0.3, 0.4) is 0 Å². The van der Waals surface area contributed by atoms with Gasteiger partial charge in [-0.1, -0.05) is 11.6 Å². The summed E-state index contributed by atoms with van der Waals surface area (Å²) >= 11 is 6.10. The maximum absolute atomic E-state index is 6.53. The van der Waals surface area contributed by atoms with Crippen LogP contribution in [-0.4, -0.2) is 7.11 Å². The van der Waals surface area contributed by atoms with Crippen molar-refractivity contribution in [3.63, 3.8) is 0 Å². The van der Waals surface area contributed by atoms with E-state index in [1.54, 1.807) is 7.11 Å². The molecule has 2 aliphatic rings. The van der Waals surface area contributed by atoms with Gasteiger partial charge in [0.1, 0.15) is 5.75 Å². The lowest BCUT2D eigenvalue weighted by molar-refractivity contribution is 0.323. The zero-order chi connectivity index (χ0) is 12.7. The Labute approximate surface area is 113 Å². The van der Waals surface area contributed by atoms with Crippen LogP contribution < -0.4 is 10.5 Å². The molecule has 3 heteroatoms. The number of hydrogen-bond donors (Lipinski definition) is 1. The van der Waals surface area contributed by atoms with Gasteiger partial charge in [0.05, 0.1) is 7.11 Å². The lowest BCUT2D eigenvalue weighted by Crippen LogP contribution is -2.25. The van der Waals surface area contributed by atoms with Crippen LogP contribution in [0.15, 0.2) is 18.2 Å². The van der Waals surface area contributed by atoms with E-state index in [1.165, 1.54) is 25.7 Å². The van der Waals surface area contributed by atoms with Gasteiger partial charge >= 0.3 is 0 Å². The number of hydrogen-bond acceptors (Lipinski definition) is 2. The molecule has 1 unspecified atom stereocenters. The molecule has 1 atom stereocenters. The summed E-state index contributed by atoms with van der Waals surface area (Å²) in [7, 11) is 1.70. The fourth-order valence-electron chi connectivity index (χ4n) is 3.11. The molecule has 0 spiro atoms. The molecule has 0 amide bonds. The normalized spacial score (nSPS) is 21.1. The average molecular weight is 266 g/mol. The number of benzene rings is 1. The van der Waals surface area contributed by atoms with Crippen LogP contribution in [0, 0.1) is 17.8 Å². The van der Waals surface area contributed by atoms with Gasteiger partial charge < -0.3 is 10.5 Å². The van der Waals surface area contributed by atoms with Crippen molar-refractivity contribution in [2.45, 2.75) is 31.7 Å². The molecule has 0 saturated heterocycles. The summed E-state index contributed by atoms with van der Waals surface area (Å²) in [4.78, 5) is 0. The zero-order valence-corrected chi connectivity index (χ0v) is 11.5. The van der Waals surface area contributed by atoms with Crippen LogP contribution in [0.2, 0.25) is 5.02 Å². The summed E-state index contributed by atoms with van der Waals surface area (Å²) in [6.07, 6.45) is 5.38. The van der Waals surface area contributed by atoms with Crippen LogP contribution in [0.1, 0.15) is 37.3 Å². The number of methoxy groups -OCH3 is 1. The second kappa shape index (κ2) is 4.75. The van der Waals surface area contributed by atoms with Crippen LogP contribution >= 0.6 is 11.6 Å². The van der Waals surface area contributed by atoms with Gasteiger partial charge in [0.15, 0.2) is 0 Å². The third-order valence-electron chi connectivity index (χ3n) is 4.30. The monoisotopic (exact) mass is 265 g/mol. The molecule has 1 aromatic rings.